The minimum Gasteiger partial charge on any atom is -0.406 e. The standard InChI is InChI=1S/C31H38F4O/c1-2-3-4-5-6-22-7-9-23(10-8-22)11-12-24-13-19-29-26(21-24)16-20-28(30(29)32)25-14-17-27(18-15-25)36-31(33,34)35/h13-18,20,22-23H,2-12,19,21H2,1H3. The monoisotopic (exact) mass is 502 g/mol. The van der Waals surface area contributed by atoms with E-state index >= 15 is 4.39 Å². The van der Waals surface area contributed by atoms with Crippen LogP contribution in [0.25, 0.3) is 11.1 Å². The van der Waals surface area contributed by atoms with Crippen LogP contribution in [0.4, 0.5) is 17.6 Å². The largest absolute Gasteiger partial charge is 0.573 e. The van der Waals surface area contributed by atoms with Gasteiger partial charge in [-0.15, -0.1) is 13.2 Å². The van der Waals surface area contributed by atoms with Crippen LogP contribution in [0, 0.1) is 17.7 Å². The summed E-state index contributed by atoms with van der Waals surface area (Å²) in [4.78, 5) is 0. The molecule has 196 valence electrons. The van der Waals surface area contributed by atoms with E-state index in [9.17, 15) is 13.2 Å². The number of unbranched alkanes of at least 4 members (excludes halogenated alkanes) is 3. The summed E-state index contributed by atoms with van der Waals surface area (Å²) in [6.07, 6.45) is 13.5. The molecule has 0 bridgehead atoms. The first-order valence-electron chi connectivity index (χ1n) is 13.7. The van der Waals surface area contributed by atoms with E-state index < -0.39 is 6.36 Å². The predicted octanol–water partition coefficient (Wildman–Crippen LogP) is 9.97. The van der Waals surface area contributed by atoms with Gasteiger partial charge in [0, 0.05) is 5.56 Å². The van der Waals surface area contributed by atoms with E-state index in [4.69, 9.17) is 0 Å². The highest BCUT2D eigenvalue weighted by Gasteiger charge is 2.31. The Kier molecular flexibility index (Phi) is 9.14. The fourth-order valence-corrected chi connectivity index (χ4v) is 5.92. The normalized spacial score (nSPS) is 20.1. The molecule has 1 saturated carbocycles. The molecular formula is C31H38F4O. The lowest BCUT2D eigenvalue weighted by Gasteiger charge is -2.29. The Bertz CT molecular complexity index is 1010. The van der Waals surface area contributed by atoms with E-state index in [-0.39, 0.29) is 11.6 Å². The molecule has 1 nitrogen and oxygen atoms in total. The molecule has 0 N–H and O–H groups in total. The molecule has 0 radical (unpaired) electrons. The van der Waals surface area contributed by atoms with Crippen LogP contribution in [0.3, 0.4) is 0 Å². The summed E-state index contributed by atoms with van der Waals surface area (Å²) >= 11 is 0. The Labute approximate surface area is 212 Å². The van der Waals surface area contributed by atoms with E-state index in [1.54, 1.807) is 6.07 Å². The summed E-state index contributed by atoms with van der Waals surface area (Å²) < 4.78 is 56.5. The SMILES string of the molecule is CCCCCCC1CCC(CCC2=CCc3c(ccc(-c4ccc(OC(F)(F)F)cc4)c3F)C2)CC1. The Morgan fingerprint density at radius 1 is 0.861 bits per heavy atom. The van der Waals surface area contributed by atoms with Gasteiger partial charge in [0.05, 0.1) is 0 Å². The number of halogens is 4. The van der Waals surface area contributed by atoms with E-state index in [0.29, 0.717) is 23.1 Å². The molecule has 2 aliphatic rings. The Morgan fingerprint density at radius 2 is 1.56 bits per heavy atom. The van der Waals surface area contributed by atoms with Crippen molar-refractivity contribution < 1.29 is 22.3 Å². The van der Waals surface area contributed by atoms with Crippen LogP contribution >= 0.6 is 0 Å². The number of hydrogen-bond acceptors (Lipinski definition) is 1. The molecule has 0 aromatic heterocycles. The lowest BCUT2D eigenvalue weighted by atomic mass is 9.77. The van der Waals surface area contributed by atoms with Gasteiger partial charge in [-0.25, -0.2) is 4.39 Å². The lowest BCUT2D eigenvalue weighted by Crippen LogP contribution is -2.16. The Hall–Kier alpha value is -2.30. The lowest BCUT2D eigenvalue weighted by molar-refractivity contribution is -0.274. The second kappa shape index (κ2) is 12.3. The van der Waals surface area contributed by atoms with Gasteiger partial charge < -0.3 is 4.74 Å². The average molecular weight is 503 g/mol. The zero-order valence-electron chi connectivity index (χ0n) is 21.3. The van der Waals surface area contributed by atoms with Gasteiger partial charge in [0.2, 0.25) is 0 Å². The third-order valence-corrected chi connectivity index (χ3v) is 8.06. The molecule has 4 rings (SSSR count). The van der Waals surface area contributed by atoms with E-state index in [0.717, 1.165) is 30.2 Å². The molecule has 36 heavy (non-hydrogen) atoms. The molecule has 0 amide bonds. The molecule has 0 saturated heterocycles. The highest BCUT2D eigenvalue weighted by Crippen LogP contribution is 2.37. The van der Waals surface area contributed by atoms with Crippen LogP contribution in [0.1, 0.15) is 88.7 Å². The summed E-state index contributed by atoms with van der Waals surface area (Å²) in [6, 6.07) is 9.11. The van der Waals surface area contributed by atoms with Crippen molar-refractivity contribution in [1.29, 1.82) is 0 Å². The number of benzene rings is 2. The van der Waals surface area contributed by atoms with Gasteiger partial charge in [0.15, 0.2) is 0 Å². The van der Waals surface area contributed by atoms with Crippen molar-refractivity contribution in [3.63, 3.8) is 0 Å². The van der Waals surface area contributed by atoms with Crippen LogP contribution in [-0.4, -0.2) is 6.36 Å². The molecule has 0 spiro atoms. The number of fused-ring (bicyclic) bond motifs is 1. The Balaban J connectivity index is 1.28. The van der Waals surface area contributed by atoms with E-state index in [1.165, 1.54) is 94.0 Å². The molecular weight excluding hydrogens is 464 g/mol. The van der Waals surface area contributed by atoms with Crippen LogP contribution in [0.5, 0.6) is 5.75 Å². The van der Waals surface area contributed by atoms with Crippen molar-refractivity contribution in [3.05, 3.63) is 65.0 Å². The van der Waals surface area contributed by atoms with Crippen molar-refractivity contribution in [1.82, 2.24) is 0 Å². The highest BCUT2D eigenvalue weighted by atomic mass is 19.4. The van der Waals surface area contributed by atoms with Crippen LogP contribution in [0.2, 0.25) is 0 Å². The second-order valence-electron chi connectivity index (χ2n) is 10.7. The number of hydrogen-bond donors (Lipinski definition) is 0. The zero-order chi connectivity index (χ0) is 25.5. The average Bonchev–Trinajstić information content (AvgIpc) is 2.86. The summed E-state index contributed by atoms with van der Waals surface area (Å²) in [5, 5.41) is 0. The summed E-state index contributed by atoms with van der Waals surface area (Å²) in [5.74, 6) is 1.18. The van der Waals surface area contributed by atoms with Crippen molar-refractivity contribution in [2.24, 2.45) is 11.8 Å². The smallest absolute Gasteiger partial charge is 0.406 e. The first kappa shape index (κ1) is 26.8. The molecule has 0 heterocycles. The Morgan fingerprint density at radius 3 is 2.22 bits per heavy atom. The zero-order valence-corrected chi connectivity index (χ0v) is 21.3. The van der Waals surface area contributed by atoms with E-state index in [1.807, 2.05) is 6.07 Å². The van der Waals surface area contributed by atoms with Gasteiger partial charge in [0.25, 0.3) is 0 Å². The van der Waals surface area contributed by atoms with Gasteiger partial charge >= 0.3 is 6.36 Å². The first-order valence-corrected chi connectivity index (χ1v) is 13.7. The molecule has 0 unspecified atom stereocenters. The van der Waals surface area contributed by atoms with Crippen molar-refractivity contribution in [3.8, 4) is 16.9 Å². The second-order valence-corrected chi connectivity index (χ2v) is 10.7. The maximum absolute atomic E-state index is 15.3. The fraction of sp³-hybridized carbons (Fsp3) is 0.548. The summed E-state index contributed by atoms with van der Waals surface area (Å²) in [5.41, 5.74) is 4.10. The molecule has 1 fully saturated rings. The molecule has 2 aromatic carbocycles. The minimum atomic E-state index is -4.74. The number of alkyl halides is 3. The van der Waals surface area contributed by atoms with Crippen molar-refractivity contribution >= 4 is 0 Å². The van der Waals surface area contributed by atoms with Gasteiger partial charge in [-0.2, -0.15) is 0 Å². The quantitative estimate of drug-likeness (QED) is 0.178. The molecule has 0 atom stereocenters. The highest BCUT2D eigenvalue weighted by molar-refractivity contribution is 5.67. The third kappa shape index (κ3) is 7.36. The molecule has 5 heteroatoms. The van der Waals surface area contributed by atoms with Gasteiger partial charge in [-0.3, -0.25) is 0 Å². The molecule has 2 aliphatic carbocycles. The predicted molar refractivity (Wildman–Crippen MR) is 137 cm³/mol. The third-order valence-electron chi connectivity index (χ3n) is 8.06. The van der Waals surface area contributed by atoms with Crippen LogP contribution in [0.15, 0.2) is 48.0 Å². The maximum Gasteiger partial charge on any atom is 0.573 e. The molecule has 0 aliphatic heterocycles. The molecule has 2 aromatic rings. The fourth-order valence-electron chi connectivity index (χ4n) is 5.92. The summed E-state index contributed by atoms with van der Waals surface area (Å²) in [6.45, 7) is 2.27. The van der Waals surface area contributed by atoms with Crippen LogP contribution < -0.4 is 4.74 Å². The van der Waals surface area contributed by atoms with Gasteiger partial charge in [-0.05, 0) is 66.3 Å². The number of allylic oxidation sites excluding steroid dienone is 2. The van der Waals surface area contributed by atoms with Gasteiger partial charge in [0.1, 0.15) is 11.6 Å². The van der Waals surface area contributed by atoms with Crippen molar-refractivity contribution in [2.45, 2.75) is 96.8 Å². The summed E-state index contributed by atoms with van der Waals surface area (Å²) in [7, 11) is 0. The maximum atomic E-state index is 15.3. The van der Waals surface area contributed by atoms with Gasteiger partial charge in [-0.1, -0.05) is 101 Å². The minimum absolute atomic E-state index is 0.274. The van der Waals surface area contributed by atoms with E-state index in [2.05, 4.69) is 17.7 Å². The number of ether oxygens (including phenoxy) is 1. The number of rotatable bonds is 10. The van der Waals surface area contributed by atoms with Crippen molar-refractivity contribution in [2.75, 3.05) is 0 Å². The first-order chi connectivity index (χ1) is 17.3. The topological polar surface area (TPSA) is 9.23 Å². The van der Waals surface area contributed by atoms with Crippen LogP contribution in [-0.2, 0) is 12.8 Å².